The Morgan fingerprint density at radius 3 is 2.59 bits per heavy atom. The molecule has 96 valence electrons. The number of aryl methyl sites for hydroxylation is 1. The van der Waals surface area contributed by atoms with Crippen LogP contribution in [0.25, 0.3) is 0 Å². The van der Waals surface area contributed by atoms with Crippen molar-refractivity contribution in [2.45, 2.75) is 39.3 Å². The van der Waals surface area contributed by atoms with Gasteiger partial charge in [0.25, 0.3) is 0 Å². The van der Waals surface area contributed by atoms with E-state index in [-0.39, 0.29) is 12.1 Å². The van der Waals surface area contributed by atoms with Crippen LogP contribution in [0.1, 0.15) is 37.4 Å². The molecule has 2 N–H and O–H groups in total. The summed E-state index contributed by atoms with van der Waals surface area (Å²) in [4.78, 5) is 0. The maximum absolute atomic E-state index is 5.95. The highest BCUT2D eigenvalue weighted by Crippen LogP contribution is 2.26. The fraction of sp³-hybridized carbons (Fsp3) is 0.571. The van der Waals surface area contributed by atoms with Crippen molar-refractivity contribution in [3.05, 3.63) is 29.3 Å². The summed E-state index contributed by atoms with van der Waals surface area (Å²) in [7, 11) is 1.70. The first-order chi connectivity index (χ1) is 8.04. The molecule has 3 nitrogen and oxygen atoms in total. The van der Waals surface area contributed by atoms with Crippen molar-refractivity contribution in [2.24, 2.45) is 5.73 Å². The van der Waals surface area contributed by atoms with E-state index in [0.29, 0.717) is 6.61 Å². The van der Waals surface area contributed by atoms with Gasteiger partial charge in [-0.15, -0.1) is 0 Å². The Labute approximate surface area is 104 Å². The van der Waals surface area contributed by atoms with Crippen LogP contribution < -0.4 is 10.5 Å². The van der Waals surface area contributed by atoms with Gasteiger partial charge in [-0.2, -0.15) is 0 Å². The molecule has 0 aliphatic rings. The molecule has 0 saturated carbocycles. The van der Waals surface area contributed by atoms with Crippen molar-refractivity contribution in [3.8, 4) is 5.75 Å². The molecule has 2 atom stereocenters. The number of nitrogens with two attached hydrogens (primary N) is 1. The van der Waals surface area contributed by atoms with Crippen LogP contribution >= 0.6 is 0 Å². The Hall–Kier alpha value is -1.06. The van der Waals surface area contributed by atoms with Crippen molar-refractivity contribution in [2.75, 3.05) is 13.7 Å². The summed E-state index contributed by atoms with van der Waals surface area (Å²) in [6.07, 6.45) is 1.01. The van der Waals surface area contributed by atoms with E-state index in [1.54, 1.807) is 7.11 Å². The first kappa shape index (κ1) is 14.0. The molecule has 0 amide bonds. The molecule has 0 aliphatic carbocycles. The topological polar surface area (TPSA) is 44.5 Å². The van der Waals surface area contributed by atoms with Crippen LogP contribution in [0.4, 0.5) is 0 Å². The third-order valence-electron chi connectivity index (χ3n) is 2.71. The van der Waals surface area contributed by atoms with E-state index in [9.17, 15) is 0 Å². The van der Waals surface area contributed by atoms with Gasteiger partial charge in [0.2, 0.25) is 0 Å². The van der Waals surface area contributed by atoms with Crippen molar-refractivity contribution in [1.82, 2.24) is 0 Å². The molecular formula is C14H23NO2. The van der Waals surface area contributed by atoms with E-state index in [2.05, 4.69) is 13.0 Å². The number of hydrogen-bond acceptors (Lipinski definition) is 3. The largest absolute Gasteiger partial charge is 0.490 e. The van der Waals surface area contributed by atoms with Gasteiger partial charge < -0.3 is 15.2 Å². The average Bonchev–Trinajstić information content (AvgIpc) is 2.28. The van der Waals surface area contributed by atoms with Crippen molar-refractivity contribution < 1.29 is 9.47 Å². The van der Waals surface area contributed by atoms with Crippen LogP contribution in [0, 0.1) is 6.92 Å². The first-order valence-electron chi connectivity index (χ1n) is 6.06. The fourth-order valence-electron chi connectivity index (χ4n) is 1.69. The van der Waals surface area contributed by atoms with Crippen molar-refractivity contribution >= 4 is 0 Å². The second-order valence-corrected chi connectivity index (χ2v) is 4.54. The Morgan fingerprint density at radius 2 is 2.00 bits per heavy atom. The van der Waals surface area contributed by atoms with Gasteiger partial charge in [-0.3, -0.25) is 0 Å². The zero-order chi connectivity index (χ0) is 12.8. The molecule has 0 heterocycles. The number of methoxy groups -OCH3 is 1. The van der Waals surface area contributed by atoms with Gasteiger partial charge in [-0.25, -0.2) is 0 Å². The molecule has 0 fully saturated rings. The van der Waals surface area contributed by atoms with Gasteiger partial charge >= 0.3 is 0 Å². The van der Waals surface area contributed by atoms with Crippen LogP contribution in [0.5, 0.6) is 5.75 Å². The minimum Gasteiger partial charge on any atom is -0.490 e. The lowest BCUT2D eigenvalue weighted by Gasteiger charge is -2.19. The van der Waals surface area contributed by atoms with Crippen LogP contribution in [0.2, 0.25) is 0 Å². The molecule has 1 rings (SSSR count). The minimum atomic E-state index is -0.0143. The quantitative estimate of drug-likeness (QED) is 0.827. The Morgan fingerprint density at radius 1 is 1.29 bits per heavy atom. The smallest absolute Gasteiger partial charge is 0.124 e. The molecule has 1 aromatic carbocycles. The second kappa shape index (κ2) is 6.62. The molecule has 0 aromatic heterocycles. The Bertz CT molecular complexity index is 350. The summed E-state index contributed by atoms with van der Waals surface area (Å²) in [5.41, 5.74) is 8.22. The monoisotopic (exact) mass is 237 g/mol. The number of rotatable bonds is 6. The second-order valence-electron chi connectivity index (χ2n) is 4.54. The van der Waals surface area contributed by atoms with Gasteiger partial charge in [0.1, 0.15) is 5.75 Å². The summed E-state index contributed by atoms with van der Waals surface area (Å²) in [5.74, 6) is 0.884. The normalized spacial score (nSPS) is 14.4. The fourth-order valence-corrected chi connectivity index (χ4v) is 1.69. The van der Waals surface area contributed by atoms with Crippen LogP contribution in [-0.4, -0.2) is 19.8 Å². The van der Waals surface area contributed by atoms with Gasteiger partial charge in [0, 0.05) is 31.7 Å². The number of ether oxygens (including phenoxy) is 2. The summed E-state index contributed by atoms with van der Waals surface area (Å²) in [5, 5.41) is 0. The van der Waals surface area contributed by atoms with Gasteiger partial charge in [0.05, 0.1) is 6.10 Å². The molecule has 0 spiro atoms. The van der Waals surface area contributed by atoms with Gasteiger partial charge in [-0.05, 0) is 26.8 Å². The molecule has 17 heavy (non-hydrogen) atoms. The highest BCUT2D eigenvalue weighted by molar-refractivity contribution is 5.38. The predicted molar refractivity (Wildman–Crippen MR) is 70.4 cm³/mol. The van der Waals surface area contributed by atoms with Crippen molar-refractivity contribution in [1.29, 1.82) is 0 Å². The van der Waals surface area contributed by atoms with Gasteiger partial charge in [0.15, 0.2) is 0 Å². The van der Waals surface area contributed by atoms with E-state index < -0.39 is 0 Å². The molecule has 3 heteroatoms. The highest BCUT2D eigenvalue weighted by Gasteiger charge is 2.11. The lowest BCUT2D eigenvalue weighted by atomic mass is 10.0. The van der Waals surface area contributed by atoms with Gasteiger partial charge in [-0.1, -0.05) is 17.7 Å². The molecule has 1 aromatic rings. The predicted octanol–water partition coefficient (Wildman–Crippen LogP) is 2.82. The molecule has 0 aliphatic heterocycles. The average molecular weight is 237 g/mol. The first-order valence-corrected chi connectivity index (χ1v) is 6.06. The molecule has 1 unspecified atom stereocenters. The van der Waals surface area contributed by atoms with Crippen LogP contribution in [0.15, 0.2) is 18.2 Å². The Balaban J connectivity index is 2.76. The third kappa shape index (κ3) is 4.36. The SMILES string of the molecule is COCCC(C)Oc1ccc(C)cc1[C@@H](C)N. The highest BCUT2D eigenvalue weighted by atomic mass is 16.5. The summed E-state index contributed by atoms with van der Waals surface area (Å²) in [6, 6.07) is 6.12. The maximum Gasteiger partial charge on any atom is 0.124 e. The molecule has 0 radical (unpaired) electrons. The van der Waals surface area contributed by atoms with Crippen LogP contribution in [-0.2, 0) is 4.74 Å². The summed E-state index contributed by atoms with van der Waals surface area (Å²) in [6.45, 7) is 6.79. The Kier molecular flexibility index (Phi) is 5.45. The van der Waals surface area contributed by atoms with E-state index in [0.717, 1.165) is 17.7 Å². The third-order valence-corrected chi connectivity index (χ3v) is 2.71. The number of benzene rings is 1. The van der Waals surface area contributed by atoms with E-state index >= 15 is 0 Å². The minimum absolute atomic E-state index is 0.0143. The molecule has 0 saturated heterocycles. The molecular weight excluding hydrogens is 214 g/mol. The molecule has 0 bridgehead atoms. The zero-order valence-electron chi connectivity index (χ0n) is 11.2. The summed E-state index contributed by atoms with van der Waals surface area (Å²) < 4.78 is 10.9. The maximum atomic E-state index is 5.95. The lowest BCUT2D eigenvalue weighted by molar-refractivity contribution is 0.134. The van der Waals surface area contributed by atoms with E-state index in [4.69, 9.17) is 15.2 Å². The van der Waals surface area contributed by atoms with Crippen LogP contribution in [0.3, 0.4) is 0 Å². The van der Waals surface area contributed by atoms with Crippen molar-refractivity contribution in [3.63, 3.8) is 0 Å². The number of hydrogen-bond donors (Lipinski definition) is 1. The standard InChI is InChI=1S/C14H23NO2/c1-10-5-6-14(13(9-10)12(3)15)17-11(2)7-8-16-4/h5-6,9,11-12H,7-8,15H2,1-4H3/t11?,12-/m1/s1. The zero-order valence-corrected chi connectivity index (χ0v) is 11.2. The lowest BCUT2D eigenvalue weighted by Crippen LogP contribution is -2.17. The van der Waals surface area contributed by atoms with E-state index in [1.165, 1.54) is 5.56 Å². The summed E-state index contributed by atoms with van der Waals surface area (Å²) >= 11 is 0. The van der Waals surface area contributed by atoms with E-state index in [1.807, 2.05) is 26.0 Å².